The molecule has 1 aromatic heterocycles. The molecule has 0 spiro atoms. The van der Waals surface area contributed by atoms with Crippen molar-refractivity contribution in [2.45, 2.75) is 20.8 Å². The van der Waals surface area contributed by atoms with Crippen LogP contribution in [0.4, 0.5) is 10.1 Å². The molecule has 0 aliphatic heterocycles. The van der Waals surface area contributed by atoms with Gasteiger partial charge in [0, 0.05) is 11.5 Å². The lowest BCUT2D eigenvalue weighted by Gasteiger charge is -2.07. The quantitative estimate of drug-likeness (QED) is 0.460. The van der Waals surface area contributed by atoms with Crippen LogP contribution in [0.25, 0.3) is 11.3 Å². The highest BCUT2D eigenvalue weighted by atomic mass is 32.1. The third-order valence-corrected chi connectivity index (χ3v) is 4.76. The molecule has 6 heteroatoms. The van der Waals surface area contributed by atoms with Gasteiger partial charge in [-0.05, 0) is 12.5 Å². The zero-order valence-electron chi connectivity index (χ0n) is 15.6. The molecule has 1 amide bonds. The summed E-state index contributed by atoms with van der Waals surface area (Å²) in [7, 11) is 0. The first-order valence-corrected chi connectivity index (χ1v) is 9.57. The van der Waals surface area contributed by atoms with E-state index in [-0.39, 0.29) is 11.8 Å². The molecule has 0 bridgehead atoms. The Bertz CT molecular complexity index is 931. The first-order valence-electron chi connectivity index (χ1n) is 8.76. The van der Waals surface area contributed by atoms with Crippen molar-refractivity contribution >= 4 is 33.6 Å². The predicted octanol–water partition coefficient (Wildman–Crippen LogP) is 5.16. The average Bonchev–Trinajstić information content (AvgIpc) is 3.06. The second kappa shape index (κ2) is 8.60. The highest BCUT2D eigenvalue weighted by molar-refractivity contribution is 7.20. The number of hydrazone groups is 1. The predicted molar refractivity (Wildman–Crippen MR) is 113 cm³/mol. The lowest BCUT2D eigenvalue weighted by Crippen LogP contribution is -2.17. The van der Waals surface area contributed by atoms with Crippen molar-refractivity contribution in [2.75, 3.05) is 10.7 Å². The SMILES string of the molecule is Cc1ccc(/C=N/Nc2nc(-c3ccccc3)c(NC(=O)C(C)C)s2)cc1. The lowest BCUT2D eigenvalue weighted by atomic mass is 10.1. The molecule has 0 radical (unpaired) electrons. The molecule has 0 atom stereocenters. The number of aromatic nitrogens is 1. The minimum Gasteiger partial charge on any atom is -0.316 e. The summed E-state index contributed by atoms with van der Waals surface area (Å²) in [5.41, 5.74) is 6.86. The molecule has 27 heavy (non-hydrogen) atoms. The van der Waals surface area contributed by atoms with Crippen LogP contribution in [0, 0.1) is 12.8 Å². The number of aryl methyl sites for hydroxylation is 1. The van der Waals surface area contributed by atoms with Crippen LogP contribution in [-0.2, 0) is 4.79 Å². The van der Waals surface area contributed by atoms with E-state index in [0.29, 0.717) is 10.1 Å². The van der Waals surface area contributed by atoms with Gasteiger partial charge in [-0.25, -0.2) is 4.98 Å². The van der Waals surface area contributed by atoms with E-state index in [1.54, 1.807) is 6.21 Å². The minimum absolute atomic E-state index is 0.0365. The van der Waals surface area contributed by atoms with E-state index in [1.807, 2.05) is 75.4 Å². The van der Waals surface area contributed by atoms with Gasteiger partial charge in [0.05, 0.1) is 6.21 Å². The maximum absolute atomic E-state index is 12.1. The van der Waals surface area contributed by atoms with E-state index in [1.165, 1.54) is 16.9 Å². The van der Waals surface area contributed by atoms with Crippen molar-refractivity contribution in [1.82, 2.24) is 4.98 Å². The number of thiazole rings is 1. The molecule has 0 aliphatic carbocycles. The molecule has 2 aromatic carbocycles. The highest BCUT2D eigenvalue weighted by Crippen LogP contribution is 2.36. The summed E-state index contributed by atoms with van der Waals surface area (Å²) >= 11 is 1.37. The summed E-state index contributed by atoms with van der Waals surface area (Å²) in [4.78, 5) is 16.8. The molecule has 3 aromatic rings. The van der Waals surface area contributed by atoms with Gasteiger partial charge in [0.2, 0.25) is 11.0 Å². The number of amides is 1. The number of benzene rings is 2. The zero-order chi connectivity index (χ0) is 19.2. The van der Waals surface area contributed by atoms with Crippen molar-refractivity contribution in [2.24, 2.45) is 11.0 Å². The standard InChI is InChI=1S/C21H22N4OS/c1-14(2)19(26)24-20-18(17-7-5-4-6-8-17)23-21(27-20)25-22-13-16-11-9-15(3)10-12-16/h4-14H,1-3H3,(H,23,25)(H,24,26)/b22-13+. The normalized spacial score (nSPS) is 11.1. The molecule has 0 saturated heterocycles. The molecule has 0 fully saturated rings. The van der Waals surface area contributed by atoms with Crippen LogP contribution >= 0.6 is 11.3 Å². The van der Waals surface area contributed by atoms with Gasteiger partial charge >= 0.3 is 0 Å². The molecular weight excluding hydrogens is 356 g/mol. The summed E-state index contributed by atoms with van der Waals surface area (Å²) in [5, 5.41) is 8.57. The summed E-state index contributed by atoms with van der Waals surface area (Å²) < 4.78 is 0. The first kappa shape index (κ1) is 18.8. The lowest BCUT2D eigenvalue weighted by molar-refractivity contribution is -0.118. The second-order valence-corrected chi connectivity index (χ2v) is 7.49. The van der Waals surface area contributed by atoms with Crippen LogP contribution in [0.2, 0.25) is 0 Å². The number of hydrogen-bond acceptors (Lipinski definition) is 5. The van der Waals surface area contributed by atoms with Crippen LogP contribution in [0.3, 0.4) is 0 Å². The Labute approximate surface area is 163 Å². The Morgan fingerprint density at radius 1 is 1.11 bits per heavy atom. The summed E-state index contributed by atoms with van der Waals surface area (Å²) in [6.07, 6.45) is 1.75. The van der Waals surface area contributed by atoms with E-state index in [2.05, 4.69) is 20.8 Å². The molecule has 5 nitrogen and oxygen atoms in total. The number of anilines is 2. The number of carbonyl (C=O) groups is 1. The van der Waals surface area contributed by atoms with Crippen molar-refractivity contribution < 1.29 is 4.79 Å². The fourth-order valence-electron chi connectivity index (χ4n) is 2.32. The number of nitrogens with one attached hydrogen (secondary N) is 2. The molecule has 0 saturated carbocycles. The average molecular weight is 379 g/mol. The molecule has 138 valence electrons. The fourth-order valence-corrected chi connectivity index (χ4v) is 3.16. The topological polar surface area (TPSA) is 66.4 Å². The van der Waals surface area contributed by atoms with E-state index in [0.717, 1.165) is 16.8 Å². The number of nitrogens with zero attached hydrogens (tertiary/aromatic N) is 2. The van der Waals surface area contributed by atoms with Crippen LogP contribution in [-0.4, -0.2) is 17.1 Å². The van der Waals surface area contributed by atoms with E-state index < -0.39 is 0 Å². The number of hydrogen-bond donors (Lipinski definition) is 2. The zero-order valence-corrected chi connectivity index (χ0v) is 16.4. The second-order valence-electron chi connectivity index (χ2n) is 6.49. The first-order chi connectivity index (χ1) is 13.0. The Morgan fingerprint density at radius 2 is 1.81 bits per heavy atom. The third-order valence-electron chi connectivity index (χ3n) is 3.89. The number of rotatable bonds is 6. The molecule has 0 aliphatic rings. The van der Waals surface area contributed by atoms with Gasteiger partial charge in [0.25, 0.3) is 0 Å². The highest BCUT2D eigenvalue weighted by Gasteiger charge is 2.16. The van der Waals surface area contributed by atoms with Crippen molar-refractivity contribution in [1.29, 1.82) is 0 Å². The van der Waals surface area contributed by atoms with Gasteiger partial charge in [-0.2, -0.15) is 5.10 Å². The van der Waals surface area contributed by atoms with E-state index in [4.69, 9.17) is 0 Å². The van der Waals surface area contributed by atoms with Gasteiger partial charge in [0.1, 0.15) is 10.7 Å². The fraction of sp³-hybridized carbons (Fsp3) is 0.190. The van der Waals surface area contributed by atoms with Crippen molar-refractivity contribution in [3.8, 4) is 11.3 Å². The van der Waals surface area contributed by atoms with E-state index in [9.17, 15) is 4.79 Å². The van der Waals surface area contributed by atoms with Gasteiger partial charge in [-0.3, -0.25) is 10.2 Å². The van der Waals surface area contributed by atoms with Crippen molar-refractivity contribution in [3.63, 3.8) is 0 Å². The van der Waals surface area contributed by atoms with Crippen LogP contribution in [0.1, 0.15) is 25.0 Å². The Kier molecular flexibility index (Phi) is 5.98. The van der Waals surface area contributed by atoms with Crippen LogP contribution in [0.5, 0.6) is 0 Å². The van der Waals surface area contributed by atoms with E-state index >= 15 is 0 Å². The van der Waals surface area contributed by atoms with Gasteiger partial charge in [0.15, 0.2) is 0 Å². The van der Waals surface area contributed by atoms with Gasteiger partial charge < -0.3 is 5.32 Å². The maximum Gasteiger partial charge on any atom is 0.227 e. The van der Waals surface area contributed by atoms with Crippen molar-refractivity contribution in [3.05, 3.63) is 65.7 Å². The molecular formula is C21H22N4OS. The Balaban J connectivity index is 1.82. The van der Waals surface area contributed by atoms with Crippen LogP contribution in [0.15, 0.2) is 59.7 Å². The van der Waals surface area contributed by atoms with Gasteiger partial charge in [-0.15, -0.1) is 0 Å². The summed E-state index contributed by atoms with van der Waals surface area (Å²) in [5.74, 6) is -0.141. The third kappa shape index (κ3) is 5.01. The summed E-state index contributed by atoms with van der Waals surface area (Å²) in [6, 6.07) is 17.9. The summed E-state index contributed by atoms with van der Waals surface area (Å²) in [6.45, 7) is 5.78. The molecule has 1 heterocycles. The Morgan fingerprint density at radius 3 is 2.48 bits per heavy atom. The van der Waals surface area contributed by atoms with Gasteiger partial charge in [-0.1, -0.05) is 85.3 Å². The molecule has 3 rings (SSSR count). The number of carbonyl (C=O) groups excluding carboxylic acids is 1. The maximum atomic E-state index is 12.1. The van der Waals surface area contributed by atoms with Crippen LogP contribution < -0.4 is 10.7 Å². The monoisotopic (exact) mass is 378 g/mol. The molecule has 2 N–H and O–H groups in total. The smallest absolute Gasteiger partial charge is 0.227 e. The Hall–Kier alpha value is -2.99. The minimum atomic E-state index is -0.105. The molecule has 0 unspecified atom stereocenters. The largest absolute Gasteiger partial charge is 0.316 e.